The summed E-state index contributed by atoms with van der Waals surface area (Å²) in [6.45, 7) is 18.2. The van der Waals surface area contributed by atoms with E-state index in [-0.39, 0.29) is 6.03 Å². The molecule has 0 aliphatic carbocycles. The van der Waals surface area contributed by atoms with Crippen LogP contribution in [0.1, 0.15) is 57.2 Å². The van der Waals surface area contributed by atoms with E-state index in [2.05, 4.69) is 73.6 Å². The molecule has 0 spiro atoms. The Morgan fingerprint density at radius 3 is 2.45 bits per heavy atom. The number of aryl methyl sites for hydroxylation is 1. The molecule has 0 bridgehead atoms. The highest BCUT2D eigenvalue weighted by molar-refractivity contribution is 5.73. The Hall–Kier alpha value is -2.34. The first-order valence-electron chi connectivity index (χ1n) is 11.3. The zero-order chi connectivity index (χ0) is 24.1. The van der Waals surface area contributed by atoms with Crippen LogP contribution in [0.2, 0.25) is 0 Å². The van der Waals surface area contributed by atoms with Gasteiger partial charge in [0.25, 0.3) is 0 Å². The highest BCUT2D eigenvalue weighted by atomic mass is 16.5. The van der Waals surface area contributed by atoms with Gasteiger partial charge in [-0.3, -0.25) is 4.99 Å². The van der Waals surface area contributed by atoms with Gasteiger partial charge in [-0.05, 0) is 49.6 Å². The summed E-state index contributed by atoms with van der Waals surface area (Å²) in [6.07, 6.45) is 5.00. The van der Waals surface area contributed by atoms with Crippen LogP contribution in [0.15, 0.2) is 35.1 Å². The van der Waals surface area contributed by atoms with Crippen LogP contribution in [0.3, 0.4) is 0 Å². The number of allylic oxidation sites excluding steroid dienone is 1. The first kappa shape index (κ1) is 30.9. The van der Waals surface area contributed by atoms with E-state index in [1.807, 2.05) is 27.1 Å². The number of carbonyl (C=O) groups excluding carboxylic acids is 1. The minimum absolute atomic E-state index is 0.157. The summed E-state index contributed by atoms with van der Waals surface area (Å²) in [5.74, 6) is 0.724. The SMILES string of the molecule is C=N/C(=C\NC)Cc1cccc(C)c1C.CC.CCC(C)CCOCCNC(=O)NC. The minimum Gasteiger partial charge on any atom is -0.393 e. The molecule has 0 aliphatic rings. The molecule has 1 atom stereocenters. The van der Waals surface area contributed by atoms with Gasteiger partial charge >= 0.3 is 6.03 Å². The van der Waals surface area contributed by atoms with Gasteiger partial charge in [-0.25, -0.2) is 4.79 Å². The first-order valence-corrected chi connectivity index (χ1v) is 11.3. The van der Waals surface area contributed by atoms with Crippen molar-refractivity contribution in [3.63, 3.8) is 0 Å². The number of hydrogen-bond acceptors (Lipinski definition) is 4. The van der Waals surface area contributed by atoms with Crippen molar-refractivity contribution in [2.24, 2.45) is 10.9 Å². The molecule has 1 aromatic carbocycles. The van der Waals surface area contributed by atoms with E-state index in [9.17, 15) is 4.79 Å². The van der Waals surface area contributed by atoms with Crippen LogP contribution in [0, 0.1) is 19.8 Å². The van der Waals surface area contributed by atoms with E-state index in [1.54, 1.807) is 7.05 Å². The Morgan fingerprint density at radius 1 is 1.23 bits per heavy atom. The van der Waals surface area contributed by atoms with Crippen LogP contribution in [0.5, 0.6) is 0 Å². The molecule has 6 nitrogen and oxygen atoms in total. The lowest BCUT2D eigenvalue weighted by molar-refractivity contribution is 0.124. The molecule has 0 radical (unpaired) electrons. The number of rotatable bonds is 11. The fourth-order valence-corrected chi connectivity index (χ4v) is 2.43. The summed E-state index contributed by atoms with van der Waals surface area (Å²) in [7, 11) is 3.47. The summed E-state index contributed by atoms with van der Waals surface area (Å²) in [5.41, 5.74) is 4.93. The molecule has 6 heteroatoms. The van der Waals surface area contributed by atoms with Crippen LogP contribution >= 0.6 is 0 Å². The maximum atomic E-state index is 10.7. The summed E-state index contributed by atoms with van der Waals surface area (Å²) < 4.78 is 5.36. The van der Waals surface area contributed by atoms with Crippen molar-refractivity contribution < 1.29 is 9.53 Å². The second-order valence-electron chi connectivity index (χ2n) is 7.04. The van der Waals surface area contributed by atoms with Gasteiger partial charge in [-0.1, -0.05) is 52.3 Å². The molecule has 1 unspecified atom stereocenters. The molecule has 0 saturated heterocycles. The van der Waals surface area contributed by atoms with E-state index in [4.69, 9.17) is 4.74 Å². The molecule has 0 saturated carbocycles. The van der Waals surface area contributed by atoms with Crippen molar-refractivity contribution in [3.05, 3.63) is 46.8 Å². The lowest BCUT2D eigenvalue weighted by atomic mass is 10.00. The summed E-state index contributed by atoms with van der Waals surface area (Å²) in [4.78, 5) is 14.7. The highest BCUT2D eigenvalue weighted by Crippen LogP contribution is 2.16. The molecule has 3 N–H and O–H groups in total. The van der Waals surface area contributed by atoms with Gasteiger partial charge in [-0.15, -0.1) is 0 Å². The van der Waals surface area contributed by atoms with Crippen LogP contribution < -0.4 is 16.0 Å². The average molecular weight is 435 g/mol. The molecule has 178 valence electrons. The van der Waals surface area contributed by atoms with Crippen LogP contribution in [0.4, 0.5) is 4.79 Å². The van der Waals surface area contributed by atoms with E-state index in [1.165, 1.54) is 23.1 Å². The Balaban J connectivity index is 0. The molecule has 2 amide bonds. The fourth-order valence-electron chi connectivity index (χ4n) is 2.43. The zero-order valence-electron chi connectivity index (χ0n) is 21.1. The predicted octanol–water partition coefficient (Wildman–Crippen LogP) is 5.00. The number of nitrogens with one attached hydrogen (secondary N) is 3. The number of aliphatic imine (C=N–C) groups is 1. The maximum absolute atomic E-state index is 10.7. The normalized spacial score (nSPS) is 11.2. The van der Waals surface area contributed by atoms with E-state index in [0.717, 1.165) is 31.1 Å². The summed E-state index contributed by atoms with van der Waals surface area (Å²) >= 11 is 0. The lowest BCUT2D eigenvalue weighted by Crippen LogP contribution is -2.34. The number of benzene rings is 1. The molecular weight excluding hydrogens is 388 g/mol. The lowest BCUT2D eigenvalue weighted by Gasteiger charge is -2.09. The van der Waals surface area contributed by atoms with Crippen molar-refractivity contribution in [3.8, 4) is 0 Å². The standard InChI is InChI=1S/C13H18N2.C10H22N2O2.C2H6/c1-10-6-5-7-12(11(10)2)8-13(15-4)9-14-3;1-4-9(2)5-7-14-8-6-12-10(13)11-3;1-2/h5-7,9,14H,4,8H2,1-3H3;9H,4-8H2,1-3H3,(H2,11,12,13);1-2H3/b13-9-;;. The van der Waals surface area contributed by atoms with Gasteiger partial charge in [0, 0.05) is 39.9 Å². The molecular formula is C25H46N4O2. The Labute approximate surface area is 191 Å². The van der Waals surface area contributed by atoms with Gasteiger partial charge in [0.05, 0.1) is 12.3 Å². The number of amides is 2. The summed E-state index contributed by atoms with van der Waals surface area (Å²) in [6, 6.07) is 6.19. The number of urea groups is 1. The van der Waals surface area contributed by atoms with Gasteiger partial charge in [-0.2, -0.15) is 0 Å². The van der Waals surface area contributed by atoms with Crippen LogP contribution in [-0.4, -0.2) is 46.6 Å². The zero-order valence-corrected chi connectivity index (χ0v) is 21.1. The summed E-state index contributed by atoms with van der Waals surface area (Å²) in [5, 5.41) is 8.11. The monoisotopic (exact) mass is 434 g/mol. The Bertz CT molecular complexity index is 630. The van der Waals surface area contributed by atoms with Crippen molar-refractivity contribution in [1.29, 1.82) is 0 Å². The maximum Gasteiger partial charge on any atom is 0.314 e. The van der Waals surface area contributed by atoms with Gasteiger partial charge in [0.15, 0.2) is 0 Å². The molecule has 1 aromatic rings. The van der Waals surface area contributed by atoms with Crippen molar-refractivity contribution in [1.82, 2.24) is 16.0 Å². The first-order chi connectivity index (χ1) is 14.9. The van der Waals surface area contributed by atoms with Crippen LogP contribution in [0.25, 0.3) is 0 Å². The molecule has 1 rings (SSSR count). The molecule has 0 heterocycles. The van der Waals surface area contributed by atoms with E-state index < -0.39 is 0 Å². The van der Waals surface area contributed by atoms with Gasteiger partial charge in [0.2, 0.25) is 0 Å². The van der Waals surface area contributed by atoms with Crippen LogP contribution in [-0.2, 0) is 11.2 Å². The predicted molar refractivity (Wildman–Crippen MR) is 135 cm³/mol. The number of carbonyl (C=O) groups is 1. The third-order valence-corrected chi connectivity index (χ3v) is 4.81. The number of ether oxygens (including phenoxy) is 1. The van der Waals surface area contributed by atoms with Crippen molar-refractivity contribution in [2.75, 3.05) is 33.9 Å². The van der Waals surface area contributed by atoms with E-state index in [0.29, 0.717) is 13.2 Å². The third kappa shape index (κ3) is 16.1. The Morgan fingerprint density at radius 2 is 1.90 bits per heavy atom. The largest absolute Gasteiger partial charge is 0.393 e. The van der Waals surface area contributed by atoms with E-state index >= 15 is 0 Å². The molecule has 0 aliphatic heterocycles. The number of hydrogen-bond donors (Lipinski definition) is 3. The second-order valence-corrected chi connectivity index (χ2v) is 7.04. The molecule has 31 heavy (non-hydrogen) atoms. The Kier molecular flexibility index (Phi) is 20.8. The molecule has 0 aromatic heterocycles. The quantitative estimate of drug-likeness (QED) is 0.339. The van der Waals surface area contributed by atoms with Gasteiger partial charge in [0.1, 0.15) is 0 Å². The fraction of sp³-hybridized carbons (Fsp3) is 0.600. The topological polar surface area (TPSA) is 74.8 Å². The highest BCUT2D eigenvalue weighted by Gasteiger charge is 2.02. The molecule has 0 fully saturated rings. The minimum atomic E-state index is -0.157. The third-order valence-electron chi connectivity index (χ3n) is 4.81. The van der Waals surface area contributed by atoms with Gasteiger partial charge < -0.3 is 20.7 Å². The van der Waals surface area contributed by atoms with Crippen molar-refractivity contribution >= 4 is 12.7 Å². The van der Waals surface area contributed by atoms with Crippen molar-refractivity contribution in [2.45, 2.75) is 60.8 Å². The smallest absolute Gasteiger partial charge is 0.314 e. The second kappa shape index (κ2) is 20.9. The average Bonchev–Trinajstić information content (AvgIpc) is 2.80. The number of nitrogens with zero attached hydrogens (tertiary/aromatic N) is 1.